The summed E-state index contributed by atoms with van der Waals surface area (Å²) < 4.78 is 4.79. The molecule has 10 aromatic rings. The third-order valence-electron chi connectivity index (χ3n) is 8.86. The number of pyridine rings is 1. The Morgan fingerprint density at radius 3 is 2.09 bits per heavy atom. The molecule has 4 aromatic heterocycles. The lowest BCUT2D eigenvalue weighted by atomic mass is 9.99. The van der Waals surface area contributed by atoms with Crippen LogP contribution in [0.25, 0.3) is 91.8 Å². The van der Waals surface area contributed by atoms with E-state index < -0.39 is 0 Å². The van der Waals surface area contributed by atoms with Crippen molar-refractivity contribution in [3.05, 3.63) is 134 Å². The fourth-order valence-electron chi connectivity index (χ4n) is 7.02. The molecular formula is C39H22N4S. The average Bonchev–Trinajstić information content (AvgIpc) is 3.65. The van der Waals surface area contributed by atoms with E-state index in [0.717, 1.165) is 33.1 Å². The minimum atomic E-state index is 0.624. The third-order valence-corrected chi connectivity index (χ3v) is 10.0. The largest absolute Gasteiger partial charge is 0.276 e. The highest BCUT2D eigenvalue weighted by molar-refractivity contribution is 7.27. The van der Waals surface area contributed by atoms with Gasteiger partial charge >= 0.3 is 0 Å². The van der Waals surface area contributed by atoms with E-state index in [-0.39, 0.29) is 0 Å². The van der Waals surface area contributed by atoms with E-state index >= 15 is 0 Å². The van der Waals surface area contributed by atoms with Crippen LogP contribution < -0.4 is 0 Å². The maximum Gasteiger partial charge on any atom is 0.237 e. The summed E-state index contributed by atoms with van der Waals surface area (Å²) in [5.41, 5.74) is 4.86. The highest BCUT2D eigenvalue weighted by Crippen LogP contribution is 2.47. The molecule has 0 unspecified atom stereocenters. The van der Waals surface area contributed by atoms with E-state index in [9.17, 15) is 0 Å². The summed E-state index contributed by atoms with van der Waals surface area (Å²) in [4.78, 5) is 15.4. The standard InChI is InChI=1S/C39H22N4S/c1-2-13-24-23(11-1)12-9-18-27(24)35-30-19-10-22-40-38(30)42-39(41-35)43-31-20-7-5-16-28(31)33-25-14-3-4-15-26(25)34-29-17-6-8-21-32(29)44-37(34)36(33)43/h1-22H. The molecule has 0 amide bonds. The van der Waals surface area contributed by atoms with Gasteiger partial charge in [-0.2, -0.15) is 4.98 Å². The number of para-hydroxylation sites is 1. The van der Waals surface area contributed by atoms with Gasteiger partial charge in [0.25, 0.3) is 0 Å². The van der Waals surface area contributed by atoms with Crippen LogP contribution in [0.2, 0.25) is 0 Å². The fourth-order valence-corrected chi connectivity index (χ4v) is 8.28. The van der Waals surface area contributed by atoms with Crippen LogP contribution in [0.5, 0.6) is 0 Å². The van der Waals surface area contributed by atoms with Gasteiger partial charge < -0.3 is 0 Å². The first-order chi connectivity index (χ1) is 21.8. The van der Waals surface area contributed by atoms with E-state index in [4.69, 9.17) is 15.0 Å². The van der Waals surface area contributed by atoms with Crippen molar-refractivity contribution in [3.8, 4) is 17.2 Å². The Morgan fingerprint density at radius 2 is 1.20 bits per heavy atom. The van der Waals surface area contributed by atoms with Crippen LogP contribution in [-0.4, -0.2) is 19.5 Å². The summed E-state index contributed by atoms with van der Waals surface area (Å²) in [6.45, 7) is 0. The minimum Gasteiger partial charge on any atom is -0.276 e. The van der Waals surface area contributed by atoms with Crippen LogP contribution in [0, 0.1) is 0 Å². The second kappa shape index (κ2) is 8.93. The van der Waals surface area contributed by atoms with E-state index in [2.05, 4.69) is 126 Å². The van der Waals surface area contributed by atoms with Crippen molar-refractivity contribution < 1.29 is 0 Å². The van der Waals surface area contributed by atoms with Crippen molar-refractivity contribution in [2.45, 2.75) is 0 Å². The molecule has 5 heteroatoms. The topological polar surface area (TPSA) is 43.6 Å². The molecule has 0 bridgehead atoms. The smallest absolute Gasteiger partial charge is 0.237 e. The molecule has 0 radical (unpaired) electrons. The maximum absolute atomic E-state index is 5.42. The van der Waals surface area contributed by atoms with E-state index in [1.807, 2.05) is 23.6 Å². The van der Waals surface area contributed by atoms with Crippen molar-refractivity contribution in [3.63, 3.8) is 0 Å². The van der Waals surface area contributed by atoms with Gasteiger partial charge in [-0.1, -0.05) is 103 Å². The number of fused-ring (bicyclic) bond motifs is 12. The molecule has 0 aliphatic carbocycles. The molecule has 4 heterocycles. The molecule has 0 saturated heterocycles. The van der Waals surface area contributed by atoms with Crippen molar-refractivity contribution >= 4 is 85.9 Å². The Morgan fingerprint density at radius 1 is 0.523 bits per heavy atom. The number of thiophene rings is 1. The van der Waals surface area contributed by atoms with Gasteiger partial charge in [-0.25, -0.2) is 9.97 Å². The number of benzene rings is 6. The zero-order chi connectivity index (χ0) is 28.8. The molecule has 0 aliphatic rings. The van der Waals surface area contributed by atoms with Crippen molar-refractivity contribution in [2.75, 3.05) is 0 Å². The van der Waals surface area contributed by atoms with E-state index in [0.29, 0.717) is 11.6 Å². The zero-order valence-corrected chi connectivity index (χ0v) is 24.2. The SMILES string of the molecule is c1ccc2c(-c3nc(-n4c5ccccc5c5c6ccccc6c6c7ccccc7sc6c54)nc4ncccc34)cccc2c1. The van der Waals surface area contributed by atoms with Gasteiger partial charge in [0.2, 0.25) is 5.95 Å². The molecule has 0 atom stereocenters. The molecule has 0 aliphatic heterocycles. The second-order valence-corrected chi connectivity index (χ2v) is 12.2. The highest BCUT2D eigenvalue weighted by Gasteiger charge is 2.23. The summed E-state index contributed by atoms with van der Waals surface area (Å²) in [6.07, 6.45) is 1.82. The quantitative estimate of drug-likeness (QED) is 0.205. The lowest BCUT2D eigenvalue weighted by molar-refractivity contribution is 1.01. The van der Waals surface area contributed by atoms with Crippen LogP contribution in [0.1, 0.15) is 0 Å². The molecule has 0 saturated carbocycles. The summed E-state index contributed by atoms with van der Waals surface area (Å²) in [6, 6.07) is 45.1. The van der Waals surface area contributed by atoms with Crippen LogP contribution in [0.3, 0.4) is 0 Å². The van der Waals surface area contributed by atoms with Gasteiger partial charge in [-0.15, -0.1) is 11.3 Å². The first kappa shape index (κ1) is 23.9. The monoisotopic (exact) mass is 578 g/mol. The van der Waals surface area contributed by atoms with Gasteiger partial charge in [0.15, 0.2) is 5.65 Å². The summed E-state index contributed by atoms with van der Waals surface area (Å²) in [5.74, 6) is 0.624. The molecule has 204 valence electrons. The molecule has 10 rings (SSSR count). The highest BCUT2D eigenvalue weighted by atomic mass is 32.1. The minimum absolute atomic E-state index is 0.624. The van der Waals surface area contributed by atoms with Crippen LogP contribution in [0.15, 0.2) is 134 Å². The third kappa shape index (κ3) is 3.19. The Labute approximate surface area is 255 Å². The molecule has 0 spiro atoms. The molecule has 0 N–H and O–H groups in total. The van der Waals surface area contributed by atoms with Gasteiger partial charge in [0.1, 0.15) is 0 Å². The Hall–Kier alpha value is -5.65. The Kier molecular flexibility index (Phi) is 4.84. The average molecular weight is 579 g/mol. The first-order valence-corrected chi connectivity index (χ1v) is 15.5. The van der Waals surface area contributed by atoms with Gasteiger partial charge in [-0.05, 0) is 45.8 Å². The van der Waals surface area contributed by atoms with Crippen molar-refractivity contribution in [1.29, 1.82) is 0 Å². The normalized spacial score (nSPS) is 12.1. The number of nitrogens with zero attached hydrogens (tertiary/aromatic N) is 4. The maximum atomic E-state index is 5.42. The summed E-state index contributed by atoms with van der Waals surface area (Å²) >= 11 is 1.84. The predicted octanol–water partition coefficient (Wildman–Crippen LogP) is 10.5. The van der Waals surface area contributed by atoms with Crippen LogP contribution >= 0.6 is 11.3 Å². The number of rotatable bonds is 2. The lowest BCUT2D eigenvalue weighted by Crippen LogP contribution is -2.04. The predicted molar refractivity (Wildman–Crippen MR) is 185 cm³/mol. The van der Waals surface area contributed by atoms with Crippen LogP contribution in [0.4, 0.5) is 0 Å². The molecule has 4 nitrogen and oxygen atoms in total. The van der Waals surface area contributed by atoms with Gasteiger partial charge in [-0.3, -0.25) is 4.57 Å². The number of aromatic nitrogens is 4. The van der Waals surface area contributed by atoms with Gasteiger partial charge in [0, 0.05) is 43.4 Å². The Balaban J connectivity index is 1.43. The molecule has 44 heavy (non-hydrogen) atoms. The molecular weight excluding hydrogens is 557 g/mol. The lowest BCUT2D eigenvalue weighted by Gasteiger charge is -2.13. The van der Waals surface area contributed by atoms with Crippen LogP contribution in [-0.2, 0) is 0 Å². The molecule has 6 aromatic carbocycles. The number of hydrogen-bond acceptors (Lipinski definition) is 4. The van der Waals surface area contributed by atoms with E-state index in [1.54, 1.807) is 0 Å². The van der Waals surface area contributed by atoms with E-state index in [1.165, 1.54) is 47.1 Å². The first-order valence-electron chi connectivity index (χ1n) is 14.7. The second-order valence-electron chi connectivity index (χ2n) is 11.2. The van der Waals surface area contributed by atoms with Gasteiger partial charge in [0.05, 0.1) is 21.4 Å². The zero-order valence-electron chi connectivity index (χ0n) is 23.4. The van der Waals surface area contributed by atoms with Crippen molar-refractivity contribution in [1.82, 2.24) is 19.5 Å². The summed E-state index contributed by atoms with van der Waals surface area (Å²) in [7, 11) is 0. The van der Waals surface area contributed by atoms with Crippen molar-refractivity contribution in [2.24, 2.45) is 0 Å². The Bertz CT molecular complexity index is 2780. The fraction of sp³-hybridized carbons (Fsp3) is 0. The molecule has 0 fully saturated rings. The summed E-state index contributed by atoms with van der Waals surface area (Å²) in [5, 5.41) is 10.8. The number of hydrogen-bond donors (Lipinski definition) is 0.